The highest BCUT2D eigenvalue weighted by Gasteiger charge is 2.33. The molecule has 1 fully saturated rings. The highest BCUT2D eigenvalue weighted by atomic mass is 16.2. The molecule has 0 saturated carbocycles. The molecule has 2 aromatic heterocycles. The molecule has 4 aromatic rings. The van der Waals surface area contributed by atoms with E-state index in [-0.39, 0.29) is 23.8 Å². The standard InChI is InChI=1S/C21H18N4O2/c26-19-9-10-24(18-8-4-1-5-15(18)19)13-20(27)25-11-14(12-25)21-22-16-6-2-3-7-17(16)23-21/h1-10,14H,11-13H2,(H,22,23). The van der Waals surface area contributed by atoms with Gasteiger partial charge in [-0.1, -0.05) is 24.3 Å². The van der Waals surface area contributed by atoms with Crippen LogP contribution in [0.2, 0.25) is 0 Å². The van der Waals surface area contributed by atoms with Crippen molar-refractivity contribution in [2.45, 2.75) is 12.5 Å². The van der Waals surface area contributed by atoms with E-state index in [1.807, 2.05) is 51.9 Å². The van der Waals surface area contributed by atoms with Gasteiger partial charge in [0.1, 0.15) is 12.4 Å². The summed E-state index contributed by atoms with van der Waals surface area (Å²) in [6, 6.07) is 16.8. The molecule has 0 unspecified atom stereocenters. The van der Waals surface area contributed by atoms with E-state index in [9.17, 15) is 9.59 Å². The summed E-state index contributed by atoms with van der Waals surface area (Å²) >= 11 is 0. The van der Waals surface area contributed by atoms with Gasteiger partial charge in [-0.2, -0.15) is 0 Å². The van der Waals surface area contributed by atoms with Crippen molar-refractivity contribution in [3.05, 3.63) is 76.8 Å². The molecule has 134 valence electrons. The van der Waals surface area contributed by atoms with E-state index in [1.165, 1.54) is 6.07 Å². The van der Waals surface area contributed by atoms with Crippen molar-refractivity contribution < 1.29 is 4.79 Å². The number of imidazole rings is 1. The smallest absolute Gasteiger partial charge is 0.242 e. The number of para-hydroxylation sites is 3. The SMILES string of the molecule is O=C(Cn1ccc(=O)c2ccccc21)N1CC(c2nc3ccccc3[nH]2)C1. The Kier molecular flexibility index (Phi) is 3.57. The molecule has 1 aliphatic heterocycles. The highest BCUT2D eigenvalue weighted by Crippen LogP contribution is 2.27. The number of fused-ring (bicyclic) bond motifs is 2. The van der Waals surface area contributed by atoms with Crippen LogP contribution in [0.4, 0.5) is 0 Å². The Morgan fingerprint density at radius 1 is 1.07 bits per heavy atom. The van der Waals surface area contributed by atoms with E-state index in [1.54, 1.807) is 12.3 Å². The van der Waals surface area contributed by atoms with Gasteiger partial charge in [0.2, 0.25) is 5.91 Å². The Bertz CT molecular complexity index is 1180. The molecule has 3 heterocycles. The molecule has 2 aromatic carbocycles. The number of hydrogen-bond acceptors (Lipinski definition) is 3. The zero-order chi connectivity index (χ0) is 18.4. The van der Waals surface area contributed by atoms with E-state index in [0.29, 0.717) is 18.5 Å². The molecule has 5 rings (SSSR count). The summed E-state index contributed by atoms with van der Waals surface area (Å²) in [5, 5.41) is 0.636. The third-order valence-electron chi connectivity index (χ3n) is 5.22. The third kappa shape index (κ3) is 2.70. The molecule has 1 aliphatic rings. The first-order chi connectivity index (χ1) is 13.2. The van der Waals surface area contributed by atoms with Gasteiger partial charge in [0.15, 0.2) is 5.43 Å². The summed E-state index contributed by atoms with van der Waals surface area (Å²) in [7, 11) is 0. The van der Waals surface area contributed by atoms with Gasteiger partial charge in [-0.3, -0.25) is 9.59 Å². The van der Waals surface area contributed by atoms with E-state index in [4.69, 9.17) is 0 Å². The summed E-state index contributed by atoms with van der Waals surface area (Å²) in [4.78, 5) is 34.5. The van der Waals surface area contributed by atoms with Crippen LogP contribution in [-0.4, -0.2) is 38.4 Å². The molecule has 1 saturated heterocycles. The molecular formula is C21H18N4O2. The van der Waals surface area contributed by atoms with Crippen molar-refractivity contribution >= 4 is 27.8 Å². The largest absolute Gasteiger partial charge is 0.342 e. The molecule has 27 heavy (non-hydrogen) atoms. The third-order valence-corrected chi connectivity index (χ3v) is 5.22. The quantitative estimate of drug-likeness (QED) is 0.612. The van der Waals surface area contributed by atoms with Crippen LogP contribution in [0.5, 0.6) is 0 Å². The second-order valence-corrected chi connectivity index (χ2v) is 6.96. The number of nitrogens with one attached hydrogen (secondary N) is 1. The maximum Gasteiger partial charge on any atom is 0.242 e. The monoisotopic (exact) mass is 358 g/mol. The maximum absolute atomic E-state index is 12.7. The van der Waals surface area contributed by atoms with Crippen molar-refractivity contribution in [1.29, 1.82) is 0 Å². The first-order valence-electron chi connectivity index (χ1n) is 8.99. The first-order valence-corrected chi connectivity index (χ1v) is 8.99. The molecule has 0 aliphatic carbocycles. The number of likely N-dealkylation sites (tertiary alicyclic amines) is 1. The van der Waals surface area contributed by atoms with E-state index < -0.39 is 0 Å². The number of carbonyl (C=O) groups excluding carboxylic acids is 1. The molecule has 0 radical (unpaired) electrons. The fourth-order valence-corrected chi connectivity index (χ4v) is 3.66. The summed E-state index contributed by atoms with van der Waals surface area (Å²) in [5.74, 6) is 1.23. The van der Waals surface area contributed by atoms with Crippen molar-refractivity contribution in [1.82, 2.24) is 19.4 Å². The number of carbonyl (C=O) groups is 1. The molecular weight excluding hydrogens is 340 g/mol. The molecule has 1 amide bonds. The summed E-state index contributed by atoms with van der Waals surface area (Å²) in [5.41, 5.74) is 2.74. The van der Waals surface area contributed by atoms with Gasteiger partial charge in [-0.25, -0.2) is 4.98 Å². The Morgan fingerprint density at radius 3 is 2.70 bits per heavy atom. The topological polar surface area (TPSA) is 71.0 Å². The number of H-pyrrole nitrogens is 1. The molecule has 6 heteroatoms. The molecule has 6 nitrogen and oxygen atoms in total. The minimum Gasteiger partial charge on any atom is -0.342 e. The van der Waals surface area contributed by atoms with Crippen molar-refractivity contribution in [2.75, 3.05) is 13.1 Å². The average molecular weight is 358 g/mol. The summed E-state index contributed by atoms with van der Waals surface area (Å²) < 4.78 is 1.84. The zero-order valence-electron chi connectivity index (χ0n) is 14.6. The zero-order valence-corrected chi connectivity index (χ0v) is 14.6. The van der Waals surface area contributed by atoms with Gasteiger partial charge >= 0.3 is 0 Å². The molecule has 0 spiro atoms. The number of aromatic nitrogens is 3. The van der Waals surface area contributed by atoms with Crippen LogP contribution in [-0.2, 0) is 11.3 Å². The predicted octanol–water partition coefficient (Wildman–Crippen LogP) is 2.50. The average Bonchev–Trinajstić information content (AvgIpc) is 3.06. The molecule has 1 N–H and O–H groups in total. The number of nitrogens with zero attached hydrogens (tertiary/aromatic N) is 3. The Morgan fingerprint density at radius 2 is 1.85 bits per heavy atom. The lowest BCUT2D eigenvalue weighted by Gasteiger charge is -2.38. The Balaban J connectivity index is 1.31. The maximum atomic E-state index is 12.7. The lowest BCUT2D eigenvalue weighted by Crippen LogP contribution is -2.50. The number of rotatable bonds is 3. The lowest BCUT2D eigenvalue weighted by molar-refractivity contribution is -0.136. The molecule has 0 atom stereocenters. The number of hydrogen-bond donors (Lipinski definition) is 1. The van der Waals surface area contributed by atoms with Crippen LogP contribution in [0.3, 0.4) is 0 Å². The van der Waals surface area contributed by atoms with Crippen LogP contribution in [0.15, 0.2) is 65.6 Å². The minimum absolute atomic E-state index is 0.0248. The summed E-state index contributed by atoms with van der Waals surface area (Å²) in [6.45, 7) is 1.56. The van der Waals surface area contributed by atoms with Crippen LogP contribution in [0.1, 0.15) is 11.7 Å². The van der Waals surface area contributed by atoms with E-state index in [2.05, 4.69) is 9.97 Å². The minimum atomic E-state index is -0.0248. The second-order valence-electron chi connectivity index (χ2n) is 6.96. The number of pyridine rings is 1. The number of aromatic amines is 1. The predicted molar refractivity (Wildman–Crippen MR) is 104 cm³/mol. The first kappa shape index (κ1) is 15.8. The fraction of sp³-hybridized carbons (Fsp3) is 0.190. The van der Waals surface area contributed by atoms with E-state index in [0.717, 1.165) is 22.4 Å². The van der Waals surface area contributed by atoms with Gasteiger partial charge in [0, 0.05) is 30.7 Å². The van der Waals surface area contributed by atoms with Crippen LogP contribution in [0.25, 0.3) is 21.9 Å². The fourth-order valence-electron chi connectivity index (χ4n) is 3.66. The van der Waals surface area contributed by atoms with Gasteiger partial charge in [-0.05, 0) is 24.3 Å². The van der Waals surface area contributed by atoms with Crippen LogP contribution < -0.4 is 5.43 Å². The Hall–Kier alpha value is -3.41. The van der Waals surface area contributed by atoms with Gasteiger partial charge in [0.05, 0.1) is 22.5 Å². The summed E-state index contributed by atoms with van der Waals surface area (Å²) in [6.07, 6.45) is 1.69. The van der Waals surface area contributed by atoms with Crippen molar-refractivity contribution in [3.63, 3.8) is 0 Å². The van der Waals surface area contributed by atoms with E-state index >= 15 is 0 Å². The van der Waals surface area contributed by atoms with Gasteiger partial charge in [0.25, 0.3) is 0 Å². The van der Waals surface area contributed by atoms with Gasteiger partial charge in [-0.15, -0.1) is 0 Å². The second kappa shape index (κ2) is 6.09. The highest BCUT2D eigenvalue weighted by molar-refractivity contribution is 5.82. The van der Waals surface area contributed by atoms with Crippen LogP contribution >= 0.6 is 0 Å². The van der Waals surface area contributed by atoms with Crippen molar-refractivity contribution in [3.8, 4) is 0 Å². The van der Waals surface area contributed by atoms with Crippen molar-refractivity contribution in [2.24, 2.45) is 0 Å². The number of amides is 1. The Labute approximate surface area is 155 Å². The normalized spacial score (nSPS) is 14.6. The van der Waals surface area contributed by atoms with Gasteiger partial charge < -0.3 is 14.5 Å². The van der Waals surface area contributed by atoms with Crippen LogP contribution in [0, 0.1) is 0 Å². The lowest BCUT2D eigenvalue weighted by atomic mass is 9.99. The molecule has 0 bridgehead atoms. The number of benzene rings is 2.